The van der Waals surface area contributed by atoms with Crippen molar-refractivity contribution in [2.75, 3.05) is 13.6 Å². The molecule has 1 saturated heterocycles. The molecule has 1 heterocycles. The van der Waals surface area contributed by atoms with Gasteiger partial charge in [0.2, 0.25) is 0 Å². The second-order valence-electron chi connectivity index (χ2n) is 4.77. The van der Waals surface area contributed by atoms with E-state index in [1.165, 1.54) is 6.92 Å². The van der Waals surface area contributed by atoms with Crippen LogP contribution in [0.1, 0.15) is 41.9 Å². The van der Waals surface area contributed by atoms with Crippen LogP contribution in [0.15, 0.2) is 24.3 Å². The summed E-state index contributed by atoms with van der Waals surface area (Å²) in [5.74, 6) is 0.0185. The van der Waals surface area contributed by atoms with Crippen molar-refractivity contribution in [3.63, 3.8) is 0 Å². The van der Waals surface area contributed by atoms with E-state index in [0.29, 0.717) is 11.1 Å². The number of alkyl halides is 1. The van der Waals surface area contributed by atoms with Gasteiger partial charge < -0.3 is 4.90 Å². The molecule has 92 valence electrons. The Morgan fingerprint density at radius 1 is 1.41 bits per heavy atom. The number of benzene rings is 1. The number of rotatable bonds is 3. The number of carbonyl (C=O) groups excluding carboxylic acids is 1. The van der Waals surface area contributed by atoms with Gasteiger partial charge in [0.1, 0.15) is 6.17 Å². The molecule has 0 aromatic heterocycles. The number of halogens is 1. The van der Waals surface area contributed by atoms with Gasteiger partial charge in [0.15, 0.2) is 5.78 Å². The molecule has 1 aliphatic heterocycles. The largest absolute Gasteiger partial charge is 0.300 e. The zero-order valence-electron chi connectivity index (χ0n) is 10.3. The molecule has 0 radical (unpaired) electrons. The van der Waals surface area contributed by atoms with Crippen LogP contribution in [0, 0.1) is 0 Å². The summed E-state index contributed by atoms with van der Waals surface area (Å²) in [5.41, 5.74) is 1.31. The van der Waals surface area contributed by atoms with E-state index in [4.69, 9.17) is 0 Å². The van der Waals surface area contributed by atoms with Crippen molar-refractivity contribution in [2.45, 2.75) is 32.0 Å². The van der Waals surface area contributed by atoms with Gasteiger partial charge in [0, 0.05) is 11.6 Å². The van der Waals surface area contributed by atoms with Gasteiger partial charge in [-0.1, -0.05) is 24.3 Å². The van der Waals surface area contributed by atoms with Gasteiger partial charge >= 0.3 is 0 Å². The fraction of sp³-hybridized carbons (Fsp3) is 0.500. The van der Waals surface area contributed by atoms with Crippen molar-refractivity contribution < 1.29 is 9.18 Å². The van der Waals surface area contributed by atoms with Crippen LogP contribution in [0.25, 0.3) is 0 Å². The van der Waals surface area contributed by atoms with Crippen LogP contribution in [0.3, 0.4) is 0 Å². The highest BCUT2D eigenvalue weighted by atomic mass is 19.1. The van der Waals surface area contributed by atoms with Crippen LogP contribution in [0.4, 0.5) is 4.39 Å². The van der Waals surface area contributed by atoms with Crippen molar-refractivity contribution in [3.8, 4) is 0 Å². The van der Waals surface area contributed by atoms with Crippen molar-refractivity contribution in [1.82, 2.24) is 4.90 Å². The Bertz CT molecular complexity index is 401. The molecule has 0 amide bonds. The standard InChI is InChI=1S/C14H18FNO/c1-10(17)11-5-7-12(8-6-11)14(15)13-4-3-9-16(13)2/h5-8,13-14H,3-4,9H2,1-2H3. The summed E-state index contributed by atoms with van der Waals surface area (Å²) in [5, 5.41) is 0. The maximum absolute atomic E-state index is 14.3. The summed E-state index contributed by atoms with van der Waals surface area (Å²) in [6, 6.07) is 6.86. The molecule has 2 rings (SSSR count). The van der Waals surface area contributed by atoms with E-state index in [-0.39, 0.29) is 11.8 Å². The zero-order valence-corrected chi connectivity index (χ0v) is 10.3. The van der Waals surface area contributed by atoms with Gasteiger partial charge in [-0.3, -0.25) is 4.79 Å². The van der Waals surface area contributed by atoms with E-state index in [9.17, 15) is 9.18 Å². The lowest BCUT2D eigenvalue weighted by atomic mass is 10.00. The van der Waals surface area contributed by atoms with Crippen molar-refractivity contribution in [3.05, 3.63) is 35.4 Å². The smallest absolute Gasteiger partial charge is 0.159 e. The molecule has 1 fully saturated rings. The third kappa shape index (κ3) is 2.55. The van der Waals surface area contributed by atoms with Gasteiger partial charge in [-0.15, -0.1) is 0 Å². The highest BCUT2D eigenvalue weighted by molar-refractivity contribution is 5.94. The summed E-state index contributed by atoms with van der Waals surface area (Å²) in [6.45, 7) is 2.49. The molecular weight excluding hydrogens is 217 g/mol. The maximum atomic E-state index is 14.3. The minimum absolute atomic E-state index is 0.0156. The van der Waals surface area contributed by atoms with Crippen LogP contribution in [0.5, 0.6) is 0 Å². The Hall–Kier alpha value is -1.22. The molecule has 2 nitrogen and oxygen atoms in total. The molecule has 1 aliphatic rings. The molecule has 0 saturated carbocycles. The fourth-order valence-corrected chi connectivity index (χ4v) is 2.43. The Morgan fingerprint density at radius 2 is 2.06 bits per heavy atom. The first-order chi connectivity index (χ1) is 8.09. The van der Waals surface area contributed by atoms with Crippen LogP contribution in [-0.4, -0.2) is 30.3 Å². The van der Waals surface area contributed by atoms with E-state index >= 15 is 0 Å². The number of likely N-dealkylation sites (tertiary alicyclic amines) is 1. The highest BCUT2D eigenvalue weighted by Gasteiger charge is 2.30. The van der Waals surface area contributed by atoms with Crippen LogP contribution < -0.4 is 0 Å². The van der Waals surface area contributed by atoms with E-state index in [2.05, 4.69) is 4.90 Å². The molecule has 2 atom stereocenters. The van der Waals surface area contributed by atoms with Gasteiger partial charge in [-0.25, -0.2) is 4.39 Å². The summed E-state index contributed by atoms with van der Waals surface area (Å²) < 4.78 is 14.3. The number of ketones is 1. The van der Waals surface area contributed by atoms with Crippen molar-refractivity contribution >= 4 is 5.78 Å². The number of carbonyl (C=O) groups is 1. The Kier molecular flexibility index (Phi) is 3.57. The average molecular weight is 235 g/mol. The molecule has 0 spiro atoms. The van der Waals surface area contributed by atoms with Crippen LogP contribution in [0.2, 0.25) is 0 Å². The topological polar surface area (TPSA) is 20.3 Å². The quantitative estimate of drug-likeness (QED) is 0.751. The average Bonchev–Trinajstić information content (AvgIpc) is 2.74. The lowest BCUT2D eigenvalue weighted by molar-refractivity contribution is 0.101. The first-order valence-corrected chi connectivity index (χ1v) is 6.05. The van der Waals surface area contributed by atoms with E-state index in [1.54, 1.807) is 24.3 Å². The number of hydrogen-bond donors (Lipinski definition) is 0. The highest BCUT2D eigenvalue weighted by Crippen LogP contribution is 2.31. The zero-order chi connectivity index (χ0) is 12.4. The SMILES string of the molecule is CC(=O)c1ccc(C(F)C2CCCN2C)cc1. The lowest BCUT2D eigenvalue weighted by Crippen LogP contribution is -2.29. The molecular formula is C14H18FNO. The molecule has 2 unspecified atom stereocenters. The van der Waals surface area contributed by atoms with Gasteiger partial charge in [-0.05, 0) is 38.9 Å². The second kappa shape index (κ2) is 4.96. The molecule has 3 heteroatoms. The molecule has 17 heavy (non-hydrogen) atoms. The summed E-state index contributed by atoms with van der Waals surface area (Å²) in [4.78, 5) is 13.2. The Morgan fingerprint density at radius 3 is 2.53 bits per heavy atom. The van der Waals surface area contributed by atoms with Gasteiger partial charge in [0.25, 0.3) is 0 Å². The van der Waals surface area contributed by atoms with Gasteiger partial charge in [0.05, 0.1) is 0 Å². The van der Waals surface area contributed by atoms with Gasteiger partial charge in [-0.2, -0.15) is 0 Å². The third-order valence-corrected chi connectivity index (χ3v) is 3.55. The molecule has 1 aromatic rings. The second-order valence-corrected chi connectivity index (χ2v) is 4.77. The van der Waals surface area contributed by atoms with E-state index in [1.807, 2.05) is 7.05 Å². The summed E-state index contributed by atoms with van der Waals surface area (Å²) in [6.07, 6.45) is 1.02. The predicted octanol–water partition coefficient (Wildman–Crippen LogP) is 2.99. The first-order valence-electron chi connectivity index (χ1n) is 6.05. The first kappa shape index (κ1) is 12.2. The number of nitrogens with zero attached hydrogens (tertiary/aromatic N) is 1. The molecule has 0 aliphatic carbocycles. The van der Waals surface area contributed by atoms with Crippen molar-refractivity contribution in [2.24, 2.45) is 0 Å². The van der Waals surface area contributed by atoms with E-state index in [0.717, 1.165) is 19.4 Å². The predicted molar refractivity (Wildman–Crippen MR) is 65.9 cm³/mol. The number of hydrogen-bond acceptors (Lipinski definition) is 2. The Balaban J connectivity index is 2.14. The minimum atomic E-state index is -0.955. The molecule has 0 bridgehead atoms. The fourth-order valence-electron chi connectivity index (χ4n) is 2.43. The third-order valence-electron chi connectivity index (χ3n) is 3.55. The normalized spacial score (nSPS) is 22.6. The summed E-state index contributed by atoms with van der Waals surface area (Å²) in [7, 11) is 1.97. The number of likely N-dealkylation sites (N-methyl/N-ethyl adjacent to an activating group) is 1. The monoisotopic (exact) mass is 235 g/mol. The van der Waals surface area contributed by atoms with Crippen LogP contribution >= 0.6 is 0 Å². The minimum Gasteiger partial charge on any atom is -0.300 e. The number of Topliss-reactive ketones (excluding diaryl/α,β-unsaturated/α-hetero) is 1. The lowest BCUT2D eigenvalue weighted by Gasteiger charge is -2.23. The van der Waals surface area contributed by atoms with E-state index < -0.39 is 6.17 Å². The molecule has 1 aromatic carbocycles. The maximum Gasteiger partial charge on any atom is 0.159 e. The van der Waals surface area contributed by atoms with Crippen LogP contribution in [-0.2, 0) is 0 Å². The summed E-state index contributed by atoms with van der Waals surface area (Å²) >= 11 is 0. The Labute approximate surface area is 101 Å². The van der Waals surface area contributed by atoms with Crippen molar-refractivity contribution in [1.29, 1.82) is 0 Å². The molecule has 0 N–H and O–H groups in total.